The van der Waals surface area contributed by atoms with Crippen molar-refractivity contribution in [2.75, 3.05) is 23.0 Å². The number of hydrogen-bond acceptors (Lipinski definition) is 4. The molecular formula is C64H122S4. The Morgan fingerprint density at radius 1 is 0.265 bits per heavy atom. The van der Waals surface area contributed by atoms with Gasteiger partial charge in [0.25, 0.3) is 0 Å². The van der Waals surface area contributed by atoms with Crippen LogP contribution in [-0.4, -0.2) is 32.2 Å². The molecule has 0 bridgehead atoms. The van der Waals surface area contributed by atoms with E-state index in [1.807, 2.05) is 0 Å². The molecular weight excluding hydrogens is 897 g/mol. The molecule has 0 aliphatic heterocycles. The van der Waals surface area contributed by atoms with Gasteiger partial charge in [0.15, 0.2) is 0 Å². The second-order valence-electron chi connectivity index (χ2n) is 24.6. The number of rotatable bonds is 39. The summed E-state index contributed by atoms with van der Waals surface area (Å²) in [5.74, 6) is 17.9. The van der Waals surface area contributed by atoms with Crippen LogP contribution in [0.4, 0.5) is 0 Å². The van der Waals surface area contributed by atoms with Crippen LogP contribution in [-0.2, 0) is 0 Å². The Labute approximate surface area is 446 Å². The first-order chi connectivity index (χ1) is 33.4. The Balaban J connectivity index is 1.32. The van der Waals surface area contributed by atoms with Crippen LogP contribution in [0, 0.1) is 71.0 Å². The minimum absolute atomic E-state index is 0.827. The van der Waals surface area contributed by atoms with Gasteiger partial charge >= 0.3 is 0 Å². The van der Waals surface area contributed by atoms with Gasteiger partial charge in [-0.3, -0.25) is 0 Å². The normalized spacial score (nSPS) is 31.2. The van der Waals surface area contributed by atoms with Crippen molar-refractivity contribution in [2.24, 2.45) is 71.0 Å². The quantitative estimate of drug-likeness (QED) is 0.0444. The van der Waals surface area contributed by atoms with Gasteiger partial charge in [0, 0.05) is 0 Å². The molecule has 4 saturated carbocycles. The van der Waals surface area contributed by atoms with Crippen LogP contribution in [0.2, 0.25) is 0 Å². The Bertz CT molecular complexity index is 1120. The zero-order valence-corrected chi connectivity index (χ0v) is 50.7. The monoisotopic (exact) mass is 1020 g/mol. The lowest BCUT2D eigenvalue weighted by Crippen LogP contribution is -2.26. The Morgan fingerprint density at radius 2 is 0.559 bits per heavy atom. The highest BCUT2D eigenvalue weighted by molar-refractivity contribution is 8.17. The molecule has 4 aliphatic carbocycles. The summed E-state index contributed by atoms with van der Waals surface area (Å²) >= 11 is 9.73. The van der Waals surface area contributed by atoms with Crippen LogP contribution in [0.3, 0.4) is 0 Å². The molecule has 4 heteroatoms. The van der Waals surface area contributed by atoms with Crippen LogP contribution in [0.15, 0.2) is 0 Å². The van der Waals surface area contributed by atoms with Crippen molar-refractivity contribution in [3.8, 4) is 0 Å². The third-order valence-electron chi connectivity index (χ3n) is 19.2. The van der Waals surface area contributed by atoms with Crippen molar-refractivity contribution in [3.05, 3.63) is 0 Å². The van der Waals surface area contributed by atoms with Gasteiger partial charge in [-0.25, -0.2) is 0 Å². The highest BCUT2D eigenvalue weighted by Gasteiger charge is 2.33. The molecule has 402 valence electrons. The predicted molar refractivity (Wildman–Crippen MR) is 320 cm³/mol. The van der Waals surface area contributed by atoms with E-state index in [2.05, 4.69) is 102 Å². The average Bonchev–Trinajstić information content (AvgIpc) is 3.33. The second kappa shape index (κ2) is 38.9. The van der Waals surface area contributed by atoms with Crippen LogP contribution in [0.25, 0.3) is 0 Å². The highest BCUT2D eigenvalue weighted by atomic mass is 32.2. The molecule has 0 amide bonds. The van der Waals surface area contributed by atoms with Crippen LogP contribution < -0.4 is 0 Å². The summed E-state index contributed by atoms with van der Waals surface area (Å²) < 4.78 is 1.65. The lowest BCUT2D eigenvalue weighted by Gasteiger charge is -2.37. The first-order valence-electron chi connectivity index (χ1n) is 31.8. The van der Waals surface area contributed by atoms with E-state index in [0.29, 0.717) is 0 Å². The van der Waals surface area contributed by atoms with Crippen LogP contribution in [0.5, 0.6) is 0 Å². The van der Waals surface area contributed by atoms with Crippen molar-refractivity contribution in [3.63, 3.8) is 0 Å². The number of hydrogen-bond donors (Lipinski definition) is 0. The predicted octanol–water partition coefficient (Wildman–Crippen LogP) is 23.0. The summed E-state index contributed by atoms with van der Waals surface area (Å²) in [6, 6.07) is 0. The van der Waals surface area contributed by atoms with E-state index in [4.69, 9.17) is 0 Å². The molecule has 13 unspecified atom stereocenters. The van der Waals surface area contributed by atoms with Crippen molar-refractivity contribution in [1.29, 1.82) is 0 Å². The fraction of sp³-hybridized carbons (Fsp3) is 1.00. The summed E-state index contributed by atoms with van der Waals surface area (Å²) in [4.78, 5) is 0. The average molecular weight is 1020 g/mol. The minimum Gasteiger partial charge on any atom is -0.148 e. The van der Waals surface area contributed by atoms with Gasteiger partial charge < -0.3 is 0 Å². The van der Waals surface area contributed by atoms with Crippen molar-refractivity contribution >= 4 is 47.0 Å². The maximum atomic E-state index is 2.45. The summed E-state index contributed by atoms with van der Waals surface area (Å²) in [5, 5.41) is 0. The van der Waals surface area contributed by atoms with Gasteiger partial charge in [-0.1, -0.05) is 209 Å². The van der Waals surface area contributed by atoms with E-state index in [0.717, 1.165) is 80.2 Å². The van der Waals surface area contributed by atoms with E-state index >= 15 is 0 Å². The van der Waals surface area contributed by atoms with Crippen molar-refractivity contribution in [2.45, 2.75) is 309 Å². The maximum absolute atomic E-state index is 2.45. The summed E-state index contributed by atoms with van der Waals surface area (Å²) in [5.41, 5.74) is 0. The molecule has 68 heavy (non-hydrogen) atoms. The summed E-state index contributed by atoms with van der Waals surface area (Å²) in [6.45, 7) is 19.5. The van der Waals surface area contributed by atoms with Crippen LogP contribution in [0.1, 0.15) is 299 Å². The molecule has 0 aromatic carbocycles. The van der Waals surface area contributed by atoms with Gasteiger partial charge in [0.1, 0.15) is 0 Å². The van der Waals surface area contributed by atoms with E-state index in [1.165, 1.54) is 241 Å². The second-order valence-corrected chi connectivity index (χ2v) is 30.4. The first kappa shape index (κ1) is 61.9. The van der Waals surface area contributed by atoms with Crippen molar-refractivity contribution in [1.82, 2.24) is 0 Å². The first-order valence-corrected chi connectivity index (χ1v) is 36.0. The molecule has 0 radical (unpaired) electrons. The number of thioether (sulfide) groups is 4. The van der Waals surface area contributed by atoms with Crippen molar-refractivity contribution < 1.29 is 0 Å². The standard InChI is InChI=1S/C64H122S4/c1-9-17-28-56-36-34-54(50-59(56)25-14-6)39-43-65-63(68-46-42-62-49-53(23-12-4)31-35-55(62)24-13-5)29-19-18-20-30-64(66-44-40-57-37-32-51(21-10-2)47-60(57)26-15-7)67-45-41-58-38-33-52(22-11-3)48-61(58)27-16-8/h51-64H,9-50H2,1-8H3. The highest BCUT2D eigenvalue weighted by Crippen LogP contribution is 2.46. The minimum atomic E-state index is 0.827. The smallest absolute Gasteiger partial charge is 0.0502 e. The molecule has 0 aromatic heterocycles. The zero-order valence-electron chi connectivity index (χ0n) is 47.4. The third-order valence-corrected chi connectivity index (χ3v) is 25.2. The number of unbranched alkanes of at least 4 members (excludes halogenated alkanes) is 3. The van der Waals surface area contributed by atoms with Gasteiger partial charge in [-0.05, 0) is 184 Å². The molecule has 4 fully saturated rings. The molecule has 0 aromatic rings. The topological polar surface area (TPSA) is 0 Å². The van der Waals surface area contributed by atoms with Crippen LogP contribution >= 0.6 is 47.0 Å². The van der Waals surface area contributed by atoms with Gasteiger partial charge in [0.2, 0.25) is 0 Å². The molecule has 0 spiro atoms. The maximum Gasteiger partial charge on any atom is 0.0502 e. The molecule has 0 nitrogen and oxygen atoms in total. The molecule has 0 heterocycles. The molecule has 0 saturated heterocycles. The fourth-order valence-electron chi connectivity index (χ4n) is 15.5. The van der Waals surface area contributed by atoms with Gasteiger partial charge in [-0.2, -0.15) is 0 Å². The van der Waals surface area contributed by atoms with E-state index in [1.54, 1.807) is 25.7 Å². The molecule has 0 N–H and O–H groups in total. The summed E-state index contributed by atoms with van der Waals surface area (Å²) in [7, 11) is 0. The fourth-order valence-corrected chi connectivity index (χ4v) is 21.6. The lowest BCUT2D eigenvalue weighted by molar-refractivity contribution is 0.155. The Kier molecular flexibility index (Phi) is 35.4. The molecule has 13 atom stereocenters. The molecule has 4 rings (SSSR count). The van der Waals surface area contributed by atoms with Gasteiger partial charge in [-0.15, -0.1) is 47.0 Å². The van der Waals surface area contributed by atoms with E-state index in [-0.39, 0.29) is 0 Å². The zero-order chi connectivity index (χ0) is 48.6. The largest absolute Gasteiger partial charge is 0.148 e. The van der Waals surface area contributed by atoms with Gasteiger partial charge in [0.05, 0.1) is 9.16 Å². The Hall–Kier alpha value is 1.40. The van der Waals surface area contributed by atoms with E-state index < -0.39 is 0 Å². The van der Waals surface area contributed by atoms with E-state index in [9.17, 15) is 0 Å². The SMILES string of the molecule is CCCCC1CCC(CCSC(CCCCCC(SCCC2CCC(CCC)CC2CCC)SCCC2CCC(CCC)CC2CCC)SCCC2CC(CCC)CCC2CCC)CC1CCC. The molecule has 4 aliphatic rings. The summed E-state index contributed by atoms with van der Waals surface area (Å²) in [6.07, 6.45) is 56.2. The lowest BCUT2D eigenvalue weighted by atomic mass is 9.70. The third kappa shape index (κ3) is 24.4. The Morgan fingerprint density at radius 3 is 0.926 bits per heavy atom.